The van der Waals surface area contributed by atoms with Gasteiger partial charge in [0.1, 0.15) is 0 Å². The van der Waals surface area contributed by atoms with Gasteiger partial charge in [-0.2, -0.15) is 0 Å². The van der Waals surface area contributed by atoms with E-state index in [0.717, 1.165) is 0 Å². The Morgan fingerprint density at radius 2 is 1.11 bits per heavy atom. The third kappa shape index (κ3) is 52.5. The van der Waals surface area contributed by atoms with E-state index >= 15 is 0 Å². The quantitative estimate of drug-likeness (QED) is 0.426. The monoisotopic (exact) mass is 238 g/mol. The van der Waals surface area contributed by atoms with Gasteiger partial charge < -0.3 is 0 Å². The summed E-state index contributed by atoms with van der Waals surface area (Å²) in [6, 6.07) is 0. The average molecular weight is 237 g/mol. The Balaban J connectivity index is -0.0000000720. The third-order valence-electron chi connectivity index (χ3n) is 0.258. The summed E-state index contributed by atoms with van der Waals surface area (Å²) in [4.78, 5) is 7.08. The predicted octanol–water partition coefficient (Wildman–Crippen LogP) is 0.989. The Kier molecular flexibility index (Phi) is 42.4. The molecule has 0 bridgehead atoms. The summed E-state index contributed by atoms with van der Waals surface area (Å²) in [7, 11) is 0. The summed E-state index contributed by atoms with van der Waals surface area (Å²) in [5, 5.41) is 14.8. The van der Waals surface area contributed by atoms with Gasteiger partial charge in [-0.1, -0.05) is 0 Å². The van der Waals surface area contributed by atoms with Crippen LogP contribution in [0.25, 0.3) is 0 Å². The van der Waals surface area contributed by atoms with Crippen molar-refractivity contribution < 1.29 is 47.6 Å². The fraction of sp³-hybridized carbons (Fsp3) is 1.00. The smallest absolute Gasteiger partial charge is 0.0791 e. The zero-order valence-electron chi connectivity index (χ0n) is 5.83. The van der Waals surface area contributed by atoms with E-state index < -0.39 is 0 Å². The molecule has 0 rings (SSSR count). The van der Waals surface area contributed by atoms with E-state index in [4.69, 9.17) is 10.5 Å². The number of rotatable bonds is 2. The Morgan fingerprint density at radius 3 is 1.11 bits per heavy atom. The Morgan fingerprint density at radius 1 is 1.00 bits per heavy atom. The molecule has 4 nitrogen and oxygen atoms in total. The molecule has 54 valence electrons. The predicted molar refractivity (Wildman–Crippen MR) is 28.5 cm³/mol. The fourth-order valence-corrected chi connectivity index (χ4v) is 0. The molecule has 0 aliphatic rings. The first-order chi connectivity index (χ1) is 3.83. The minimum Gasteiger partial charge on any atom is -0.252 e. The van der Waals surface area contributed by atoms with Gasteiger partial charge >= 0.3 is 0 Å². The van der Waals surface area contributed by atoms with Gasteiger partial charge in [0.25, 0.3) is 0 Å². The van der Waals surface area contributed by atoms with Gasteiger partial charge in [-0.25, -0.2) is 9.78 Å². The third-order valence-corrected chi connectivity index (χ3v) is 0.258. The molecule has 0 unspecified atom stereocenters. The van der Waals surface area contributed by atoms with Crippen LogP contribution in [-0.2, 0) is 37.1 Å². The van der Waals surface area contributed by atoms with E-state index in [0.29, 0.717) is 13.2 Å². The molecule has 9 heavy (non-hydrogen) atoms. The Hall–Kier alpha value is 0.762. The van der Waals surface area contributed by atoms with Crippen LogP contribution in [0.3, 0.4) is 0 Å². The van der Waals surface area contributed by atoms with Gasteiger partial charge in [0.15, 0.2) is 0 Å². The minimum absolute atomic E-state index is 0. The normalized spacial score (nSPS) is 6.67. The van der Waals surface area contributed by atoms with Crippen molar-refractivity contribution in [1.29, 1.82) is 0 Å². The fourth-order valence-electron chi connectivity index (χ4n) is 0. The first-order valence-corrected chi connectivity index (χ1v) is 2.36. The summed E-state index contributed by atoms with van der Waals surface area (Å²) in [6.45, 7) is 4.17. The second kappa shape index (κ2) is 23.3. The molecular weight excluding hydrogens is 224 g/mol. The maximum absolute atomic E-state index is 7.38. The summed E-state index contributed by atoms with van der Waals surface area (Å²) >= 11 is 0. The van der Waals surface area contributed by atoms with Gasteiger partial charge in [0.2, 0.25) is 0 Å². The molecule has 0 aromatic heterocycles. The number of hydrogen-bond acceptors (Lipinski definition) is 4. The molecular formula is C4H12CdO4. The molecule has 0 saturated heterocycles. The van der Waals surface area contributed by atoms with Crippen LogP contribution in [0, 0.1) is 0 Å². The molecule has 0 aliphatic carbocycles. The van der Waals surface area contributed by atoms with Crippen molar-refractivity contribution in [3.63, 3.8) is 0 Å². The van der Waals surface area contributed by atoms with E-state index in [9.17, 15) is 0 Å². The SMILES string of the molecule is CCOO.CCOO.[Cd]. The molecule has 0 aromatic carbocycles. The van der Waals surface area contributed by atoms with Crippen LogP contribution in [0.15, 0.2) is 0 Å². The molecule has 2 N–H and O–H groups in total. The van der Waals surface area contributed by atoms with Crippen molar-refractivity contribution >= 4 is 0 Å². The zero-order valence-corrected chi connectivity index (χ0v) is 9.87. The maximum Gasteiger partial charge on any atom is 0.0791 e. The van der Waals surface area contributed by atoms with Gasteiger partial charge in [0.05, 0.1) is 13.2 Å². The molecule has 0 amide bonds. The van der Waals surface area contributed by atoms with Crippen molar-refractivity contribution in [1.82, 2.24) is 0 Å². The maximum atomic E-state index is 7.38. The largest absolute Gasteiger partial charge is 0.252 e. The minimum atomic E-state index is 0. The molecule has 0 spiro atoms. The van der Waals surface area contributed by atoms with Gasteiger partial charge in [-0.15, -0.1) is 0 Å². The van der Waals surface area contributed by atoms with Crippen LogP contribution in [0.4, 0.5) is 0 Å². The molecule has 0 aliphatic heterocycles. The van der Waals surface area contributed by atoms with Crippen LogP contribution in [0.2, 0.25) is 0 Å². The first kappa shape index (κ1) is 16.4. The van der Waals surface area contributed by atoms with E-state index in [-0.39, 0.29) is 27.3 Å². The van der Waals surface area contributed by atoms with Gasteiger partial charge in [0, 0.05) is 27.3 Å². The van der Waals surface area contributed by atoms with Crippen LogP contribution in [0.5, 0.6) is 0 Å². The second-order valence-corrected chi connectivity index (χ2v) is 0.836. The Labute approximate surface area is 74.8 Å². The zero-order chi connectivity index (χ0) is 6.83. The van der Waals surface area contributed by atoms with Crippen molar-refractivity contribution in [2.24, 2.45) is 0 Å². The standard InChI is InChI=1S/2C2H6O2.Cd/c2*1-2-4-3;/h2*3H,2H2,1H3;. The van der Waals surface area contributed by atoms with E-state index in [1.54, 1.807) is 13.8 Å². The van der Waals surface area contributed by atoms with Crippen molar-refractivity contribution in [2.45, 2.75) is 13.8 Å². The van der Waals surface area contributed by atoms with Crippen molar-refractivity contribution in [3.05, 3.63) is 0 Å². The van der Waals surface area contributed by atoms with E-state index in [1.807, 2.05) is 0 Å². The van der Waals surface area contributed by atoms with E-state index in [2.05, 4.69) is 9.78 Å². The molecule has 5 heteroatoms. The summed E-state index contributed by atoms with van der Waals surface area (Å²) in [6.07, 6.45) is 0. The summed E-state index contributed by atoms with van der Waals surface area (Å²) in [5.74, 6) is 0. The molecule has 0 radical (unpaired) electrons. The van der Waals surface area contributed by atoms with Crippen LogP contribution in [0.1, 0.15) is 13.8 Å². The van der Waals surface area contributed by atoms with Gasteiger partial charge in [-0.3, -0.25) is 10.5 Å². The summed E-state index contributed by atoms with van der Waals surface area (Å²) < 4.78 is 0. The Bertz CT molecular complexity index is 20.5. The first-order valence-electron chi connectivity index (χ1n) is 2.36. The summed E-state index contributed by atoms with van der Waals surface area (Å²) in [5.41, 5.74) is 0. The van der Waals surface area contributed by atoms with E-state index in [1.165, 1.54) is 0 Å². The number of hydrogen-bond donors (Lipinski definition) is 2. The van der Waals surface area contributed by atoms with Gasteiger partial charge in [-0.05, 0) is 13.8 Å². The molecule has 0 saturated carbocycles. The van der Waals surface area contributed by atoms with Crippen LogP contribution >= 0.6 is 0 Å². The topological polar surface area (TPSA) is 58.9 Å². The molecule has 0 aromatic rings. The molecule has 0 atom stereocenters. The average Bonchev–Trinajstić information content (AvgIpc) is 1.88. The van der Waals surface area contributed by atoms with Crippen LogP contribution in [-0.4, -0.2) is 23.7 Å². The molecule has 0 fully saturated rings. The van der Waals surface area contributed by atoms with Crippen LogP contribution < -0.4 is 0 Å². The second-order valence-electron chi connectivity index (χ2n) is 0.836. The molecule has 0 heterocycles. The van der Waals surface area contributed by atoms with Crippen molar-refractivity contribution in [3.8, 4) is 0 Å². The van der Waals surface area contributed by atoms with Crippen molar-refractivity contribution in [2.75, 3.05) is 13.2 Å².